The number of hydrogen-bond acceptors (Lipinski definition) is 0. The first-order chi connectivity index (χ1) is 25.7. The summed E-state index contributed by atoms with van der Waals surface area (Å²) in [4.78, 5) is 0. The SMILES string of the molecule is CCCCCc1ccc(-c2ccc(CCCCCCCCCCCc3ccc(-c4ccc(CCCCCCCCCCCCl)cc4)cc3)cc2)cc1. The largest absolute Gasteiger partial charge is 0.127 e. The Morgan fingerprint density at radius 3 is 0.712 bits per heavy atom. The third-order valence-electron chi connectivity index (χ3n) is 11.1. The first kappa shape index (κ1) is 41.9. The quantitative estimate of drug-likeness (QED) is 0.0387. The number of rotatable bonds is 29. The average Bonchev–Trinajstić information content (AvgIpc) is 3.19. The Labute approximate surface area is 325 Å². The Hall–Kier alpha value is -2.83. The zero-order chi connectivity index (χ0) is 36.3. The Balaban J connectivity index is 0.969. The van der Waals surface area contributed by atoms with Gasteiger partial charge in [-0.25, -0.2) is 0 Å². The smallest absolute Gasteiger partial charge is 0.0223 e. The molecule has 0 aliphatic carbocycles. The van der Waals surface area contributed by atoms with Crippen LogP contribution in [0.2, 0.25) is 0 Å². The Morgan fingerprint density at radius 2 is 0.481 bits per heavy atom. The van der Waals surface area contributed by atoms with Crippen molar-refractivity contribution in [1.29, 1.82) is 0 Å². The molecule has 1 heteroatoms. The average molecular weight is 720 g/mol. The standard InChI is InChI=1S/C51H71Cl/c1-2-3-18-23-44-27-35-48(36-28-44)49-37-29-45(30-38-49)24-19-14-10-6-4-7-11-15-20-25-46-31-39-50(40-32-46)51-41-33-47(34-42-51)26-21-16-12-8-5-9-13-17-22-43-52/h27-42H,2-26,43H2,1H3. The maximum absolute atomic E-state index is 5.76. The summed E-state index contributed by atoms with van der Waals surface area (Å²) in [6, 6.07) is 37.2. The van der Waals surface area contributed by atoms with E-state index in [9.17, 15) is 0 Å². The van der Waals surface area contributed by atoms with Gasteiger partial charge in [0.2, 0.25) is 0 Å². The molecule has 0 saturated carbocycles. The van der Waals surface area contributed by atoms with E-state index < -0.39 is 0 Å². The summed E-state index contributed by atoms with van der Waals surface area (Å²) < 4.78 is 0. The van der Waals surface area contributed by atoms with E-state index in [-0.39, 0.29) is 0 Å². The van der Waals surface area contributed by atoms with Crippen molar-refractivity contribution >= 4 is 11.6 Å². The molecule has 4 aromatic rings. The number of unbranched alkanes of at least 4 members (excludes halogenated alkanes) is 18. The molecular weight excluding hydrogens is 648 g/mol. The van der Waals surface area contributed by atoms with E-state index in [0.29, 0.717) is 0 Å². The van der Waals surface area contributed by atoms with E-state index in [0.717, 1.165) is 5.88 Å². The number of benzene rings is 4. The van der Waals surface area contributed by atoms with Gasteiger partial charge in [0.15, 0.2) is 0 Å². The highest BCUT2D eigenvalue weighted by molar-refractivity contribution is 6.17. The van der Waals surface area contributed by atoms with Gasteiger partial charge >= 0.3 is 0 Å². The van der Waals surface area contributed by atoms with Gasteiger partial charge < -0.3 is 0 Å². The van der Waals surface area contributed by atoms with E-state index in [4.69, 9.17) is 11.6 Å². The topological polar surface area (TPSA) is 0 Å². The fourth-order valence-corrected chi connectivity index (χ4v) is 7.78. The van der Waals surface area contributed by atoms with Crippen LogP contribution >= 0.6 is 11.6 Å². The lowest BCUT2D eigenvalue weighted by Gasteiger charge is -2.07. The fraction of sp³-hybridized carbons (Fsp3) is 0.529. The summed E-state index contributed by atoms with van der Waals surface area (Å²) in [5.74, 6) is 0.822. The molecule has 4 aromatic carbocycles. The summed E-state index contributed by atoms with van der Waals surface area (Å²) >= 11 is 5.76. The Bertz CT molecular complexity index is 1420. The summed E-state index contributed by atoms with van der Waals surface area (Å²) in [5.41, 5.74) is 11.3. The molecule has 0 fully saturated rings. The summed E-state index contributed by atoms with van der Waals surface area (Å²) in [6.07, 6.45) is 33.1. The molecule has 0 saturated heterocycles. The van der Waals surface area contributed by atoms with Gasteiger partial charge in [0.25, 0.3) is 0 Å². The van der Waals surface area contributed by atoms with Crippen LogP contribution in [-0.4, -0.2) is 5.88 Å². The zero-order valence-corrected chi connectivity index (χ0v) is 33.8. The number of alkyl halides is 1. The minimum absolute atomic E-state index is 0.822. The van der Waals surface area contributed by atoms with Gasteiger partial charge in [0.1, 0.15) is 0 Å². The third kappa shape index (κ3) is 17.3. The van der Waals surface area contributed by atoms with Crippen LogP contribution in [0.5, 0.6) is 0 Å². The molecular formula is C51H71Cl. The van der Waals surface area contributed by atoms with Crippen molar-refractivity contribution in [3.05, 3.63) is 119 Å². The predicted molar refractivity (Wildman–Crippen MR) is 232 cm³/mol. The minimum Gasteiger partial charge on any atom is -0.127 e. The van der Waals surface area contributed by atoms with Gasteiger partial charge in [-0.15, -0.1) is 11.6 Å². The summed E-state index contributed by atoms with van der Waals surface area (Å²) in [5, 5.41) is 0. The van der Waals surface area contributed by atoms with Crippen LogP contribution in [0.1, 0.15) is 164 Å². The molecule has 0 radical (unpaired) electrons. The molecule has 0 amide bonds. The van der Waals surface area contributed by atoms with Gasteiger partial charge in [-0.2, -0.15) is 0 Å². The third-order valence-corrected chi connectivity index (χ3v) is 11.3. The molecule has 0 atom stereocenters. The van der Waals surface area contributed by atoms with Gasteiger partial charge in [0, 0.05) is 5.88 Å². The first-order valence-electron chi connectivity index (χ1n) is 21.7. The van der Waals surface area contributed by atoms with Crippen LogP contribution in [-0.2, 0) is 25.7 Å². The monoisotopic (exact) mass is 719 g/mol. The van der Waals surface area contributed by atoms with Gasteiger partial charge in [-0.1, -0.05) is 207 Å². The highest BCUT2D eigenvalue weighted by Gasteiger charge is 2.03. The van der Waals surface area contributed by atoms with E-state index in [1.807, 2.05) is 0 Å². The van der Waals surface area contributed by atoms with Crippen LogP contribution in [0.4, 0.5) is 0 Å². The molecule has 0 bridgehead atoms. The van der Waals surface area contributed by atoms with Crippen LogP contribution in [0.3, 0.4) is 0 Å². The number of hydrogen-bond donors (Lipinski definition) is 0. The molecule has 0 aromatic heterocycles. The van der Waals surface area contributed by atoms with Crippen LogP contribution < -0.4 is 0 Å². The fourth-order valence-electron chi connectivity index (χ4n) is 7.59. The van der Waals surface area contributed by atoms with Gasteiger partial charge in [-0.3, -0.25) is 0 Å². The van der Waals surface area contributed by atoms with E-state index in [1.165, 1.54) is 205 Å². The Morgan fingerprint density at radius 1 is 0.269 bits per heavy atom. The second-order valence-corrected chi connectivity index (χ2v) is 15.9. The molecule has 0 aliphatic heterocycles. The van der Waals surface area contributed by atoms with E-state index in [1.54, 1.807) is 0 Å². The lowest BCUT2D eigenvalue weighted by Crippen LogP contribution is -1.89. The molecule has 282 valence electrons. The van der Waals surface area contributed by atoms with Crippen molar-refractivity contribution < 1.29 is 0 Å². The van der Waals surface area contributed by atoms with Gasteiger partial charge in [0.05, 0.1) is 0 Å². The highest BCUT2D eigenvalue weighted by Crippen LogP contribution is 2.24. The van der Waals surface area contributed by atoms with E-state index in [2.05, 4.69) is 104 Å². The van der Waals surface area contributed by atoms with Crippen molar-refractivity contribution in [3.63, 3.8) is 0 Å². The Kier molecular flexibility index (Phi) is 21.7. The van der Waals surface area contributed by atoms with Crippen LogP contribution in [0, 0.1) is 0 Å². The van der Waals surface area contributed by atoms with Gasteiger partial charge in [-0.05, 0) is 102 Å². The van der Waals surface area contributed by atoms with Crippen molar-refractivity contribution in [2.24, 2.45) is 0 Å². The second kappa shape index (κ2) is 26.9. The van der Waals surface area contributed by atoms with Crippen molar-refractivity contribution in [2.75, 3.05) is 5.88 Å². The molecule has 0 nitrogen and oxygen atoms in total. The molecule has 0 spiro atoms. The second-order valence-electron chi connectivity index (χ2n) is 15.5. The van der Waals surface area contributed by atoms with Crippen molar-refractivity contribution in [2.45, 2.75) is 167 Å². The molecule has 0 heterocycles. The molecule has 4 rings (SSSR count). The number of aryl methyl sites for hydroxylation is 4. The lowest BCUT2D eigenvalue weighted by molar-refractivity contribution is 0.558. The maximum Gasteiger partial charge on any atom is 0.0223 e. The lowest BCUT2D eigenvalue weighted by atomic mass is 9.98. The molecule has 0 N–H and O–H groups in total. The minimum atomic E-state index is 0.822. The molecule has 52 heavy (non-hydrogen) atoms. The van der Waals surface area contributed by atoms with E-state index >= 15 is 0 Å². The van der Waals surface area contributed by atoms with Crippen LogP contribution in [0.15, 0.2) is 97.1 Å². The summed E-state index contributed by atoms with van der Waals surface area (Å²) in [7, 11) is 0. The summed E-state index contributed by atoms with van der Waals surface area (Å²) in [6.45, 7) is 2.27. The first-order valence-corrected chi connectivity index (χ1v) is 22.2. The molecule has 0 unspecified atom stereocenters. The van der Waals surface area contributed by atoms with Crippen molar-refractivity contribution in [3.8, 4) is 22.3 Å². The number of halogens is 1. The highest BCUT2D eigenvalue weighted by atomic mass is 35.5. The zero-order valence-electron chi connectivity index (χ0n) is 33.0. The van der Waals surface area contributed by atoms with Crippen LogP contribution in [0.25, 0.3) is 22.3 Å². The normalized spacial score (nSPS) is 11.3. The predicted octanol–water partition coefficient (Wildman–Crippen LogP) is 16.3. The molecule has 0 aliphatic rings. The van der Waals surface area contributed by atoms with Crippen molar-refractivity contribution in [1.82, 2.24) is 0 Å². The maximum atomic E-state index is 5.76.